The predicted octanol–water partition coefficient (Wildman–Crippen LogP) is 1.77. The van der Waals surface area contributed by atoms with Crippen molar-refractivity contribution in [3.63, 3.8) is 0 Å². The summed E-state index contributed by atoms with van der Waals surface area (Å²) in [4.78, 5) is 23.4. The van der Waals surface area contributed by atoms with E-state index in [0.29, 0.717) is 6.54 Å². The summed E-state index contributed by atoms with van der Waals surface area (Å²) < 4.78 is 0. The average molecular weight is 239 g/mol. The zero-order valence-electron chi connectivity index (χ0n) is 9.37. The first-order valence-corrected chi connectivity index (χ1v) is 5.42. The molecular formula is C13H9N3O2. The number of fused-ring (bicyclic) bond motifs is 3. The summed E-state index contributed by atoms with van der Waals surface area (Å²) in [6.07, 6.45) is 4.91. The van der Waals surface area contributed by atoms with E-state index in [1.165, 1.54) is 6.33 Å². The van der Waals surface area contributed by atoms with Crippen LogP contribution in [0.25, 0.3) is 11.3 Å². The highest BCUT2D eigenvalue weighted by molar-refractivity contribution is 5.96. The van der Waals surface area contributed by atoms with Gasteiger partial charge in [-0.1, -0.05) is 6.07 Å². The molecular weight excluding hydrogens is 230 g/mol. The van der Waals surface area contributed by atoms with Crippen molar-refractivity contribution in [3.8, 4) is 11.3 Å². The second-order valence-corrected chi connectivity index (χ2v) is 3.97. The quantitative estimate of drug-likeness (QED) is 0.822. The molecule has 1 aromatic carbocycles. The molecule has 5 nitrogen and oxygen atoms in total. The molecule has 1 N–H and O–H groups in total. The molecule has 18 heavy (non-hydrogen) atoms. The van der Waals surface area contributed by atoms with E-state index in [4.69, 9.17) is 5.11 Å². The maximum Gasteiger partial charge on any atom is 0.335 e. The van der Waals surface area contributed by atoms with E-state index in [9.17, 15) is 4.79 Å². The molecule has 0 radical (unpaired) electrons. The molecule has 0 saturated carbocycles. The Kier molecular flexibility index (Phi) is 2.37. The molecule has 2 heterocycles. The maximum atomic E-state index is 10.9. The fourth-order valence-electron chi connectivity index (χ4n) is 1.98. The Hall–Kier alpha value is -2.56. The molecule has 1 aliphatic rings. The van der Waals surface area contributed by atoms with Crippen LogP contribution in [-0.2, 0) is 6.54 Å². The SMILES string of the molecule is O=C(O)c1ccc2c(c1)C=NCc1cncnc1-2. The van der Waals surface area contributed by atoms with Crippen LogP contribution in [0.2, 0.25) is 0 Å². The minimum Gasteiger partial charge on any atom is -0.478 e. The van der Waals surface area contributed by atoms with Crippen molar-refractivity contribution in [1.82, 2.24) is 9.97 Å². The third-order valence-corrected chi connectivity index (χ3v) is 2.83. The van der Waals surface area contributed by atoms with Crippen LogP contribution in [0.4, 0.5) is 0 Å². The van der Waals surface area contributed by atoms with Gasteiger partial charge in [0.1, 0.15) is 6.33 Å². The fraction of sp³-hybridized carbons (Fsp3) is 0.0769. The third-order valence-electron chi connectivity index (χ3n) is 2.83. The molecule has 1 aliphatic heterocycles. The Labute approximate surface area is 103 Å². The van der Waals surface area contributed by atoms with Gasteiger partial charge in [-0.15, -0.1) is 0 Å². The van der Waals surface area contributed by atoms with Gasteiger partial charge in [0.15, 0.2) is 0 Å². The second-order valence-electron chi connectivity index (χ2n) is 3.97. The molecule has 5 heteroatoms. The van der Waals surface area contributed by atoms with E-state index in [1.807, 2.05) is 0 Å². The van der Waals surface area contributed by atoms with Crippen LogP contribution in [-0.4, -0.2) is 27.3 Å². The number of aromatic carboxylic acids is 1. The van der Waals surface area contributed by atoms with E-state index in [-0.39, 0.29) is 5.56 Å². The Balaban J connectivity index is 2.24. The number of carboxylic acid groups (broad SMARTS) is 1. The van der Waals surface area contributed by atoms with Gasteiger partial charge in [-0.2, -0.15) is 0 Å². The number of rotatable bonds is 1. The van der Waals surface area contributed by atoms with Gasteiger partial charge in [-0.25, -0.2) is 14.8 Å². The first-order valence-electron chi connectivity index (χ1n) is 5.42. The van der Waals surface area contributed by atoms with Crippen LogP contribution in [0.3, 0.4) is 0 Å². The molecule has 0 bridgehead atoms. The number of hydrogen-bond donors (Lipinski definition) is 1. The highest BCUT2D eigenvalue weighted by Gasteiger charge is 2.15. The first-order chi connectivity index (χ1) is 8.75. The number of carboxylic acids is 1. The molecule has 2 aromatic rings. The van der Waals surface area contributed by atoms with Crippen molar-refractivity contribution in [3.05, 3.63) is 47.4 Å². The largest absolute Gasteiger partial charge is 0.478 e. The maximum absolute atomic E-state index is 10.9. The highest BCUT2D eigenvalue weighted by atomic mass is 16.4. The molecule has 0 fully saturated rings. The molecule has 88 valence electrons. The van der Waals surface area contributed by atoms with Crippen LogP contribution in [0, 0.1) is 0 Å². The monoisotopic (exact) mass is 239 g/mol. The third kappa shape index (κ3) is 1.66. The van der Waals surface area contributed by atoms with Crippen LogP contribution in [0.15, 0.2) is 35.7 Å². The van der Waals surface area contributed by atoms with Gasteiger partial charge in [-0.3, -0.25) is 4.99 Å². The summed E-state index contributed by atoms with van der Waals surface area (Å²) in [5.74, 6) is -0.946. The molecule has 0 aliphatic carbocycles. The number of aliphatic imine (C=N–C) groups is 1. The van der Waals surface area contributed by atoms with Crippen LogP contribution in [0.5, 0.6) is 0 Å². The predicted molar refractivity (Wildman–Crippen MR) is 65.7 cm³/mol. The van der Waals surface area contributed by atoms with Gasteiger partial charge < -0.3 is 5.11 Å². The van der Waals surface area contributed by atoms with Gasteiger partial charge in [0.2, 0.25) is 0 Å². The molecule has 0 atom stereocenters. The number of hydrogen-bond acceptors (Lipinski definition) is 4. The Morgan fingerprint density at radius 3 is 3.06 bits per heavy atom. The van der Waals surface area contributed by atoms with E-state index >= 15 is 0 Å². The van der Waals surface area contributed by atoms with Gasteiger partial charge in [-0.05, 0) is 12.1 Å². The van der Waals surface area contributed by atoms with Crippen molar-refractivity contribution in [2.75, 3.05) is 0 Å². The molecule has 0 saturated heterocycles. The van der Waals surface area contributed by atoms with Crippen molar-refractivity contribution in [1.29, 1.82) is 0 Å². The zero-order chi connectivity index (χ0) is 12.5. The topological polar surface area (TPSA) is 75.4 Å². The normalized spacial score (nSPS) is 12.4. The van der Waals surface area contributed by atoms with E-state index in [2.05, 4.69) is 15.0 Å². The summed E-state index contributed by atoms with van der Waals surface area (Å²) in [5.41, 5.74) is 3.66. The van der Waals surface area contributed by atoms with Crippen LogP contribution < -0.4 is 0 Å². The highest BCUT2D eigenvalue weighted by Crippen LogP contribution is 2.27. The smallest absolute Gasteiger partial charge is 0.335 e. The summed E-state index contributed by atoms with van der Waals surface area (Å²) >= 11 is 0. The standard InChI is InChI=1S/C13H9N3O2/c17-13(18)8-1-2-11-9(3-8)4-14-5-10-6-15-7-16-12(10)11/h1-4,6-7H,5H2,(H,17,18). The summed E-state index contributed by atoms with van der Waals surface area (Å²) in [6.45, 7) is 0.507. The van der Waals surface area contributed by atoms with E-state index in [0.717, 1.165) is 22.4 Å². The van der Waals surface area contributed by atoms with Gasteiger partial charge in [0, 0.05) is 29.1 Å². The Bertz CT molecular complexity index is 665. The van der Waals surface area contributed by atoms with Crippen molar-refractivity contribution >= 4 is 12.2 Å². The molecule has 0 unspecified atom stereocenters. The Morgan fingerprint density at radius 2 is 2.22 bits per heavy atom. The number of benzene rings is 1. The minimum absolute atomic E-state index is 0.248. The van der Waals surface area contributed by atoms with Crippen LogP contribution >= 0.6 is 0 Å². The van der Waals surface area contributed by atoms with Crippen LogP contribution in [0.1, 0.15) is 21.5 Å². The van der Waals surface area contributed by atoms with Gasteiger partial charge in [0.05, 0.1) is 17.8 Å². The molecule has 0 amide bonds. The van der Waals surface area contributed by atoms with Gasteiger partial charge >= 0.3 is 5.97 Å². The summed E-state index contributed by atoms with van der Waals surface area (Å²) in [7, 11) is 0. The number of aromatic nitrogens is 2. The molecule has 1 aromatic heterocycles. The van der Waals surface area contributed by atoms with Crippen molar-refractivity contribution in [2.24, 2.45) is 4.99 Å². The zero-order valence-corrected chi connectivity index (χ0v) is 9.37. The lowest BCUT2D eigenvalue weighted by molar-refractivity contribution is 0.0697. The van der Waals surface area contributed by atoms with Gasteiger partial charge in [0.25, 0.3) is 0 Å². The lowest BCUT2D eigenvalue weighted by atomic mass is 10.0. The average Bonchev–Trinajstić information content (AvgIpc) is 2.57. The molecule has 0 spiro atoms. The molecule has 3 rings (SSSR count). The Morgan fingerprint density at radius 1 is 1.33 bits per heavy atom. The van der Waals surface area contributed by atoms with E-state index in [1.54, 1.807) is 30.6 Å². The summed E-state index contributed by atoms with van der Waals surface area (Å²) in [5, 5.41) is 8.98. The number of carbonyl (C=O) groups is 1. The van der Waals surface area contributed by atoms with E-state index < -0.39 is 5.97 Å². The van der Waals surface area contributed by atoms with Crippen molar-refractivity contribution < 1.29 is 9.90 Å². The number of nitrogens with zero attached hydrogens (tertiary/aromatic N) is 3. The lowest BCUT2D eigenvalue weighted by Gasteiger charge is -2.06. The summed E-state index contributed by atoms with van der Waals surface area (Å²) in [6, 6.07) is 4.95. The lowest BCUT2D eigenvalue weighted by Crippen LogP contribution is -1.99. The minimum atomic E-state index is -0.946. The first kappa shape index (κ1) is 10.6. The second kappa shape index (κ2) is 4.03. The fourth-order valence-corrected chi connectivity index (χ4v) is 1.98. The van der Waals surface area contributed by atoms with Crippen molar-refractivity contribution in [2.45, 2.75) is 6.54 Å².